The Morgan fingerprint density at radius 2 is 1.92 bits per heavy atom. The lowest BCUT2D eigenvalue weighted by atomic mass is 10.2. The summed E-state index contributed by atoms with van der Waals surface area (Å²) in [5, 5.41) is 22.2. The van der Waals surface area contributed by atoms with E-state index in [0.29, 0.717) is 22.8 Å². The Morgan fingerprint density at radius 3 is 2.62 bits per heavy atom. The van der Waals surface area contributed by atoms with Crippen molar-refractivity contribution in [2.45, 2.75) is 0 Å². The molecule has 0 saturated carbocycles. The lowest BCUT2D eigenvalue weighted by Crippen LogP contribution is -2.14. The SMILES string of the molecule is N#Cc1cccc(Nc2ccc(C(=O)Nc3ccc(F)c(Cl)c3)nn2)c1. The highest BCUT2D eigenvalue weighted by molar-refractivity contribution is 6.31. The average molecular weight is 368 g/mol. The number of hydrogen-bond acceptors (Lipinski definition) is 5. The van der Waals surface area contributed by atoms with Gasteiger partial charge in [-0.3, -0.25) is 4.79 Å². The number of nitriles is 1. The first-order valence-electron chi connectivity index (χ1n) is 7.42. The Balaban J connectivity index is 1.69. The van der Waals surface area contributed by atoms with Crippen molar-refractivity contribution >= 4 is 34.7 Å². The van der Waals surface area contributed by atoms with Gasteiger partial charge >= 0.3 is 0 Å². The van der Waals surface area contributed by atoms with E-state index in [1.807, 2.05) is 6.07 Å². The van der Waals surface area contributed by atoms with Crippen molar-refractivity contribution in [2.24, 2.45) is 0 Å². The van der Waals surface area contributed by atoms with E-state index in [1.54, 1.807) is 30.3 Å². The summed E-state index contributed by atoms with van der Waals surface area (Å²) in [5.41, 5.74) is 1.62. The van der Waals surface area contributed by atoms with Crippen LogP contribution in [0.5, 0.6) is 0 Å². The molecule has 0 radical (unpaired) electrons. The van der Waals surface area contributed by atoms with E-state index in [0.717, 1.165) is 6.07 Å². The second kappa shape index (κ2) is 7.59. The lowest BCUT2D eigenvalue weighted by molar-refractivity contribution is 0.102. The van der Waals surface area contributed by atoms with Crippen LogP contribution in [0, 0.1) is 17.1 Å². The molecular formula is C18H11ClFN5O. The molecule has 2 aromatic carbocycles. The number of amides is 1. The molecule has 128 valence electrons. The van der Waals surface area contributed by atoms with E-state index in [9.17, 15) is 9.18 Å². The van der Waals surface area contributed by atoms with E-state index >= 15 is 0 Å². The lowest BCUT2D eigenvalue weighted by Gasteiger charge is -2.07. The number of aromatic nitrogens is 2. The highest BCUT2D eigenvalue weighted by atomic mass is 35.5. The number of benzene rings is 2. The van der Waals surface area contributed by atoms with Crippen molar-refractivity contribution in [1.82, 2.24) is 10.2 Å². The second-order valence-electron chi connectivity index (χ2n) is 5.20. The minimum absolute atomic E-state index is 0.0850. The minimum Gasteiger partial charge on any atom is -0.339 e. The molecule has 0 aliphatic carbocycles. The summed E-state index contributed by atoms with van der Waals surface area (Å²) < 4.78 is 13.1. The van der Waals surface area contributed by atoms with Gasteiger partial charge in [-0.2, -0.15) is 5.26 Å². The fourth-order valence-electron chi connectivity index (χ4n) is 2.10. The molecule has 0 atom stereocenters. The maximum Gasteiger partial charge on any atom is 0.276 e. The Kier molecular flexibility index (Phi) is 5.06. The predicted octanol–water partition coefficient (Wildman–Crippen LogP) is 4.14. The van der Waals surface area contributed by atoms with Crippen LogP contribution in [0.25, 0.3) is 0 Å². The first-order chi connectivity index (χ1) is 12.5. The Labute approximate surface area is 153 Å². The molecule has 0 fully saturated rings. The highest BCUT2D eigenvalue weighted by Gasteiger charge is 2.10. The molecule has 8 heteroatoms. The number of carbonyl (C=O) groups excluding carboxylic acids is 1. The molecule has 0 aliphatic heterocycles. The number of nitrogens with one attached hydrogen (secondary N) is 2. The van der Waals surface area contributed by atoms with Crippen LogP contribution in [0.4, 0.5) is 21.6 Å². The molecule has 26 heavy (non-hydrogen) atoms. The smallest absolute Gasteiger partial charge is 0.276 e. The summed E-state index contributed by atoms with van der Waals surface area (Å²) in [6.07, 6.45) is 0. The molecule has 3 rings (SSSR count). The molecule has 2 N–H and O–H groups in total. The van der Waals surface area contributed by atoms with Crippen LogP contribution in [0.1, 0.15) is 16.1 Å². The quantitative estimate of drug-likeness (QED) is 0.723. The van der Waals surface area contributed by atoms with Gasteiger partial charge < -0.3 is 10.6 Å². The second-order valence-corrected chi connectivity index (χ2v) is 5.61. The molecule has 0 aliphatic rings. The molecule has 1 heterocycles. The van der Waals surface area contributed by atoms with Gasteiger partial charge in [0.15, 0.2) is 11.5 Å². The third-order valence-corrected chi connectivity index (χ3v) is 3.63. The van der Waals surface area contributed by atoms with Crippen molar-refractivity contribution in [1.29, 1.82) is 5.26 Å². The molecule has 0 spiro atoms. The summed E-state index contributed by atoms with van der Waals surface area (Å²) in [6, 6.07) is 15.8. The fourth-order valence-corrected chi connectivity index (χ4v) is 2.28. The summed E-state index contributed by atoms with van der Waals surface area (Å²) in [4.78, 5) is 12.2. The maximum atomic E-state index is 13.1. The monoisotopic (exact) mass is 367 g/mol. The van der Waals surface area contributed by atoms with E-state index in [-0.39, 0.29) is 10.7 Å². The van der Waals surface area contributed by atoms with Crippen molar-refractivity contribution < 1.29 is 9.18 Å². The van der Waals surface area contributed by atoms with Gasteiger partial charge in [0.25, 0.3) is 5.91 Å². The topological polar surface area (TPSA) is 90.7 Å². The van der Waals surface area contributed by atoms with Crippen molar-refractivity contribution in [3.05, 3.63) is 76.7 Å². The van der Waals surface area contributed by atoms with Gasteiger partial charge in [-0.1, -0.05) is 17.7 Å². The fraction of sp³-hybridized carbons (Fsp3) is 0. The number of nitrogens with zero attached hydrogens (tertiary/aromatic N) is 3. The van der Waals surface area contributed by atoms with Gasteiger partial charge in [0.2, 0.25) is 0 Å². The zero-order chi connectivity index (χ0) is 18.5. The maximum absolute atomic E-state index is 13.1. The first kappa shape index (κ1) is 17.3. The number of hydrogen-bond donors (Lipinski definition) is 2. The van der Waals surface area contributed by atoms with Gasteiger partial charge in [-0.05, 0) is 48.5 Å². The molecule has 1 amide bonds. The predicted molar refractivity (Wildman–Crippen MR) is 95.8 cm³/mol. The third kappa shape index (κ3) is 4.12. The van der Waals surface area contributed by atoms with Gasteiger partial charge in [0.1, 0.15) is 5.82 Å². The van der Waals surface area contributed by atoms with Gasteiger partial charge in [0.05, 0.1) is 16.7 Å². The van der Waals surface area contributed by atoms with Gasteiger partial charge in [-0.25, -0.2) is 4.39 Å². The zero-order valence-electron chi connectivity index (χ0n) is 13.2. The molecule has 0 saturated heterocycles. The van der Waals surface area contributed by atoms with Crippen molar-refractivity contribution in [3.63, 3.8) is 0 Å². The summed E-state index contributed by atoms with van der Waals surface area (Å²) in [5.74, 6) is -0.653. The summed E-state index contributed by atoms with van der Waals surface area (Å²) >= 11 is 5.68. The van der Waals surface area contributed by atoms with E-state index in [2.05, 4.69) is 20.8 Å². The minimum atomic E-state index is -0.569. The van der Waals surface area contributed by atoms with Crippen LogP contribution in [-0.2, 0) is 0 Å². The normalized spacial score (nSPS) is 10.0. The van der Waals surface area contributed by atoms with Crippen LogP contribution >= 0.6 is 11.6 Å². The Morgan fingerprint density at radius 1 is 1.08 bits per heavy atom. The number of halogens is 2. The Hall–Kier alpha value is -3.50. The molecular weight excluding hydrogens is 357 g/mol. The highest BCUT2D eigenvalue weighted by Crippen LogP contribution is 2.20. The molecule has 1 aromatic heterocycles. The van der Waals surface area contributed by atoms with E-state index in [4.69, 9.17) is 16.9 Å². The average Bonchev–Trinajstić information content (AvgIpc) is 2.65. The van der Waals surface area contributed by atoms with Crippen LogP contribution < -0.4 is 10.6 Å². The largest absolute Gasteiger partial charge is 0.339 e. The van der Waals surface area contributed by atoms with Crippen LogP contribution in [-0.4, -0.2) is 16.1 Å². The summed E-state index contributed by atoms with van der Waals surface area (Å²) in [6.45, 7) is 0. The van der Waals surface area contributed by atoms with Gasteiger partial charge in [-0.15, -0.1) is 10.2 Å². The summed E-state index contributed by atoms with van der Waals surface area (Å²) in [7, 11) is 0. The van der Waals surface area contributed by atoms with E-state index in [1.165, 1.54) is 18.2 Å². The van der Waals surface area contributed by atoms with Crippen LogP contribution in [0.15, 0.2) is 54.6 Å². The van der Waals surface area contributed by atoms with Crippen molar-refractivity contribution in [2.75, 3.05) is 10.6 Å². The molecule has 6 nitrogen and oxygen atoms in total. The van der Waals surface area contributed by atoms with Crippen LogP contribution in [0.3, 0.4) is 0 Å². The number of rotatable bonds is 4. The standard InChI is InChI=1S/C18H11ClFN5O/c19-14-9-13(4-5-15(14)20)23-18(26)16-6-7-17(25-24-16)22-12-3-1-2-11(8-12)10-21/h1-9H,(H,22,25)(H,23,26). The third-order valence-electron chi connectivity index (χ3n) is 3.34. The zero-order valence-corrected chi connectivity index (χ0v) is 14.0. The van der Waals surface area contributed by atoms with Gasteiger partial charge in [0, 0.05) is 11.4 Å². The molecule has 0 unspecified atom stereocenters. The molecule has 0 bridgehead atoms. The van der Waals surface area contributed by atoms with Crippen LogP contribution in [0.2, 0.25) is 5.02 Å². The molecule has 3 aromatic rings. The first-order valence-corrected chi connectivity index (χ1v) is 7.80. The number of anilines is 3. The number of carbonyl (C=O) groups is 1. The Bertz CT molecular complexity index is 1000. The van der Waals surface area contributed by atoms with Crippen molar-refractivity contribution in [3.8, 4) is 6.07 Å². The van der Waals surface area contributed by atoms with E-state index < -0.39 is 11.7 Å².